The normalized spacial score (nSPS) is 11.9. The summed E-state index contributed by atoms with van der Waals surface area (Å²) < 4.78 is 40.5. The van der Waals surface area contributed by atoms with Gasteiger partial charge in [-0.05, 0) is 72.5 Å². The number of H-pyrrole nitrogens is 2. The number of imidazole rings is 2. The molecule has 0 aliphatic rings. The van der Waals surface area contributed by atoms with Crippen molar-refractivity contribution in [1.29, 1.82) is 0 Å². The Morgan fingerprint density at radius 2 is 1.00 bits per heavy atom. The van der Waals surface area contributed by atoms with E-state index >= 15 is 0 Å². The maximum Gasteiger partial charge on any atom is 0.303 e. The number of para-hydroxylation sites is 2. The number of aromatic amines is 2. The van der Waals surface area contributed by atoms with E-state index in [1.807, 2.05) is 26.0 Å². The van der Waals surface area contributed by atoms with Crippen LogP contribution in [0.4, 0.5) is 20.4 Å². The lowest BCUT2D eigenvalue weighted by atomic mass is 9.97. The van der Waals surface area contributed by atoms with Crippen molar-refractivity contribution in [3.63, 3.8) is 0 Å². The molecule has 0 spiro atoms. The predicted molar refractivity (Wildman–Crippen MR) is 257 cm³/mol. The Morgan fingerprint density at radius 3 is 1.39 bits per heavy atom. The van der Waals surface area contributed by atoms with E-state index in [2.05, 4.69) is 50.5 Å². The van der Waals surface area contributed by atoms with Gasteiger partial charge in [-0.2, -0.15) is 0 Å². The maximum atomic E-state index is 14.0. The minimum Gasteiger partial charge on any atom is -0.481 e. The second-order valence-electron chi connectivity index (χ2n) is 15.5. The molecule has 6 heterocycles. The number of aliphatic carboxylic acids is 2. The third-order valence-electron chi connectivity index (χ3n) is 10.9. The molecule has 4 aromatic carbocycles. The summed E-state index contributed by atoms with van der Waals surface area (Å²) >= 11 is 0. The minimum atomic E-state index is -1.08. The lowest BCUT2D eigenvalue weighted by Gasteiger charge is -2.20. The number of aromatic nitrogens is 8. The molecule has 0 saturated carbocycles. The fourth-order valence-corrected chi connectivity index (χ4v) is 7.63. The molecule has 0 radical (unpaired) electrons. The van der Waals surface area contributed by atoms with Crippen molar-refractivity contribution in [3.8, 4) is 22.3 Å². The van der Waals surface area contributed by atoms with E-state index in [1.54, 1.807) is 73.3 Å². The van der Waals surface area contributed by atoms with Gasteiger partial charge >= 0.3 is 11.9 Å². The van der Waals surface area contributed by atoms with Gasteiger partial charge in [0.2, 0.25) is 10.9 Å². The summed E-state index contributed by atoms with van der Waals surface area (Å²) in [5.41, 5.74) is 4.43. The Kier molecular flexibility index (Phi) is 14.3. The van der Waals surface area contributed by atoms with E-state index in [0.717, 1.165) is 0 Å². The van der Waals surface area contributed by atoms with E-state index in [1.165, 1.54) is 36.9 Å². The molecule has 0 bridgehead atoms. The first-order chi connectivity index (χ1) is 33.9. The van der Waals surface area contributed by atoms with Crippen molar-refractivity contribution in [1.82, 2.24) is 39.9 Å². The van der Waals surface area contributed by atoms with Crippen LogP contribution in [0.1, 0.15) is 63.1 Å². The van der Waals surface area contributed by atoms with Crippen molar-refractivity contribution in [3.05, 3.63) is 166 Å². The summed E-state index contributed by atoms with van der Waals surface area (Å²) in [6.45, 7) is 3.93. The number of nitrogens with one attached hydrogen (secondary N) is 4. The molecular formula is C50H42F2N10O8. The van der Waals surface area contributed by atoms with Gasteiger partial charge < -0.3 is 39.6 Å². The van der Waals surface area contributed by atoms with Crippen molar-refractivity contribution in [2.75, 3.05) is 10.6 Å². The van der Waals surface area contributed by atoms with Gasteiger partial charge in [-0.15, -0.1) is 0 Å². The number of nitrogens with zero attached hydrogens (tertiary/aromatic N) is 6. The monoisotopic (exact) mass is 948 g/mol. The van der Waals surface area contributed by atoms with Crippen LogP contribution in [0, 0.1) is 11.6 Å². The van der Waals surface area contributed by atoms with Crippen LogP contribution in [-0.4, -0.2) is 62.0 Å². The Hall–Kier alpha value is -9.20. The van der Waals surface area contributed by atoms with Crippen LogP contribution >= 0.6 is 0 Å². The Morgan fingerprint density at radius 1 is 0.586 bits per heavy atom. The zero-order valence-electron chi connectivity index (χ0n) is 37.3. The van der Waals surface area contributed by atoms with E-state index in [0.29, 0.717) is 103 Å². The first kappa shape index (κ1) is 47.3. The number of carboxylic acid groups (broad SMARTS) is 2. The van der Waals surface area contributed by atoms with Gasteiger partial charge in [-0.3, -0.25) is 19.2 Å². The average Bonchev–Trinajstić information content (AvgIpc) is 4.06. The molecule has 0 amide bonds. The molecular weight excluding hydrogens is 907 g/mol. The highest BCUT2D eigenvalue weighted by Crippen LogP contribution is 2.35. The molecule has 2 atom stereocenters. The smallest absolute Gasteiger partial charge is 0.303 e. The number of halogens is 2. The first-order valence-corrected chi connectivity index (χ1v) is 21.8. The van der Waals surface area contributed by atoms with Crippen LogP contribution in [-0.2, 0) is 9.59 Å². The highest BCUT2D eigenvalue weighted by molar-refractivity contribution is 5.86. The zero-order valence-corrected chi connectivity index (χ0v) is 37.3. The van der Waals surface area contributed by atoms with E-state index < -0.39 is 35.7 Å². The van der Waals surface area contributed by atoms with Crippen LogP contribution in [0.2, 0.25) is 0 Å². The maximum absolute atomic E-state index is 14.0. The van der Waals surface area contributed by atoms with Gasteiger partial charge in [0, 0.05) is 0 Å². The lowest BCUT2D eigenvalue weighted by molar-refractivity contribution is -0.143. The van der Waals surface area contributed by atoms with Gasteiger partial charge in [0.05, 0.1) is 59.5 Å². The largest absolute Gasteiger partial charge is 0.481 e. The molecule has 0 aliphatic heterocycles. The third kappa shape index (κ3) is 10.3. The summed E-state index contributed by atoms with van der Waals surface area (Å²) in [6, 6.07) is 25.2. The van der Waals surface area contributed by atoms with E-state index in [4.69, 9.17) is 19.0 Å². The molecule has 20 heteroatoms. The minimum absolute atomic E-state index is 0.213. The molecule has 70 heavy (non-hydrogen) atoms. The van der Waals surface area contributed by atoms with Crippen LogP contribution < -0.4 is 21.5 Å². The Labute approximate surface area is 394 Å². The molecule has 0 fully saturated rings. The predicted octanol–water partition coefficient (Wildman–Crippen LogP) is 9.59. The molecule has 0 unspecified atom stereocenters. The van der Waals surface area contributed by atoms with Crippen LogP contribution in [0.15, 0.2) is 141 Å². The first-order valence-electron chi connectivity index (χ1n) is 21.8. The number of rotatable bonds is 13. The number of carboxylic acids is 2. The molecule has 10 rings (SSSR count). The number of carbonyl (C=O) groups is 2. The molecule has 354 valence electrons. The van der Waals surface area contributed by atoms with Crippen molar-refractivity contribution < 1.29 is 37.4 Å². The Bertz CT molecular complexity index is 3400. The average molecular weight is 949 g/mol. The quantitative estimate of drug-likeness (QED) is 0.0628. The topological polar surface area (TPSA) is 268 Å². The molecule has 10 aromatic rings. The number of hydrogen-bond acceptors (Lipinski definition) is 14. The zero-order chi connectivity index (χ0) is 49.3. The van der Waals surface area contributed by atoms with E-state index in [9.17, 15) is 28.0 Å². The van der Waals surface area contributed by atoms with Crippen LogP contribution in [0.5, 0.6) is 0 Å². The second kappa shape index (κ2) is 21.2. The number of hydrogen-bond donors (Lipinski definition) is 6. The lowest BCUT2D eigenvalue weighted by Crippen LogP contribution is -2.17. The molecule has 18 nitrogen and oxygen atoms in total. The van der Waals surface area contributed by atoms with Gasteiger partial charge in [0.15, 0.2) is 22.9 Å². The number of anilines is 2. The summed E-state index contributed by atoms with van der Waals surface area (Å²) in [5, 5.41) is 23.3. The summed E-state index contributed by atoms with van der Waals surface area (Å²) in [4.78, 5) is 77.6. The Balaban J connectivity index is 0.000000163. The van der Waals surface area contributed by atoms with E-state index in [-0.39, 0.29) is 23.7 Å². The SMILES string of the molecule is CC[C@H](Nc1ncnc2[nH]cnc12)c1oc2ccccc2c(=O)c1-c1cccc(F)c1.CC[C@H](Nc1ncnc2[nH]cnc12)c1oc2ccccc2c(=O)c1-c1cccc(F)c1.O=C(O)CCC(=O)O. The van der Waals surface area contributed by atoms with Gasteiger partial charge in [-0.1, -0.05) is 62.4 Å². The summed E-state index contributed by atoms with van der Waals surface area (Å²) in [5.74, 6) is -1.15. The summed E-state index contributed by atoms with van der Waals surface area (Å²) in [7, 11) is 0. The molecule has 0 aliphatic carbocycles. The van der Waals surface area contributed by atoms with Crippen molar-refractivity contribution in [2.45, 2.75) is 51.6 Å². The van der Waals surface area contributed by atoms with Crippen LogP contribution in [0.3, 0.4) is 0 Å². The molecule has 0 saturated heterocycles. The number of fused-ring (bicyclic) bond motifs is 4. The molecule has 6 aromatic heterocycles. The van der Waals surface area contributed by atoms with Crippen molar-refractivity contribution in [2.24, 2.45) is 0 Å². The fourth-order valence-electron chi connectivity index (χ4n) is 7.63. The molecule has 6 N–H and O–H groups in total. The second-order valence-corrected chi connectivity index (χ2v) is 15.5. The highest BCUT2D eigenvalue weighted by Gasteiger charge is 2.26. The fraction of sp³-hybridized carbons (Fsp3) is 0.160. The van der Waals surface area contributed by atoms with Gasteiger partial charge in [0.1, 0.15) is 58.0 Å². The highest BCUT2D eigenvalue weighted by atomic mass is 19.1. The van der Waals surface area contributed by atoms with Crippen molar-refractivity contribution >= 4 is 67.8 Å². The van der Waals surface area contributed by atoms with Gasteiger partial charge in [0.25, 0.3) is 0 Å². The number of benzene rings is 4. The summed E-state index contributed by atoms with van der Waals surface area (Å²) in [6.07, 6.45) is 6.52. The van der Waals surface area contributed by atoms with Crippen LogP contribution in [0.25, 0.3) is 66.5 Å². The third-order valence-corrected chi connectivity index (χ3v) is 10.9. The van der Waals surface area contributed by atoms with Gasteiger partial charge in [-0.25, -0.2) is 38.7 Å². The standard InChI is InChI=1S/2C23H18FN5O2.C4H6O4/c2*1-2-16(29-23-19-22(26-11-25-19)27-12-28-23)21-18(13-6-5-7-14(24)10-13)20(30)15-8-3-4-9-17(15)31-21;5-3(6)1-2-4(7)8/h2*3-12,16H,2H2,1H3,(H2,25,26,27,28,29);1-2H2,(H,5,6)(H,7,8)/t2*16-;/m00./s1.